The smallest absolute Gasteiger partial charge is 0.282 e. The van der Waals surface area contributed by atoms with Crippen LogP contribution in [0.25, 0.3) is 21.9 Å². The van der Waals surface area contributed by atoms with E-state index in [1.807, 2.05) is 18.2 Å². The molecular weight excluding hydrogens is 180 g/mol. The number of fused-ring (bicyclic) bond motifs is 3. The van der Waals surface area contributed by atoms with Crippen LogP contribution in [-0.2, 0) is 0 Å². The minimum absolute atomic E-state index is 0.0827. The quantitative estimate of drug-likeness (QED) is 0.506. The molecule has 2 heterocycles. The third-order valence-corrected chi connectivity index (χ3v) is 2.29. The van der Waals surface area contributed by atoms with Crippen molar-refractivity contribution < 1.29 is 9.52 Å². The van der Waals surface area contributed by atoms with Gasteiger partial charge in [-0.25, -0.2) is 0 Å². The van der Waals surface area contributed by atoms with Gasteiger partial charge < -0.3 is 20.2 Å². The fourth-order valence-corrected chi connectivity index (χ4v) is 1.70. The maximum atomic E-state index is 9.21. The first-order valence-corrected chi connectivity index (χ1v) is 4.24. The van der Waals surface area contributed by atoms with Gasteiger partial charge in [0.15, 0.2) is 5.58 Å². The van der Waals surface area contributed by atoms with E-state index in [-0.39, 0.29) is 5.95 Å². The maximum absolute atomic E-state index is 9.21. The van der Waals surface area contributed by atoms with E-state index in [1.165, 1.54) is 0 Å². The lowest BCUT2D eigenvalue weighted by Crippen LogP contribution is -1.80. The predicted molar refractivity (Wildman–Crippen MR) is 54.1 cm³/mol. The molecule has 0 amide bonds. The Morgan fingerprint density at radius 1 is 1.21 bits per heavy atom. The zero-order valence-electron chi connectivity index (χ0n) is 7.24. The summed E-state index contributed by atoms with van der Waals surface area (Å²) in [5.74, 6) is 0.504. The second-order valence-electron chi connectivity index (χ2n) is 3.26. The molecule has 0 bridgehead atoms. The van der Waals surface area contributed by atoms with Crippen LogP contribution in [0.5, 0.6) is 5.95 Å². The van der Waals surface area contributed by atoms with E-state index >= 15 is 0 Å². The number of rotatable bonds is 0. The summed E-state index contributed by atoms with van der Waals surface area (Å²) in [4.78, 5) is 2.99. The molecule has 0 unspecified atom stereocenters. The summed E-state index contributed by atoms with van der Waals surface area (Å²) in [7, 11) is 0. The van der Waals surface area contributed by atoms with Crippen molar-refractivity contribution in [3.8, 4) is 5.95 Å². The summed E-state index contributed by atoms with van der Waals surface area (Å²) >= 11 is 0. The van der Waals surface area contributed by atoms with Gasteiger partial charge in [0, 0.05) is 16.8 Å². The second kappa shape index (κ2) is 2.23. The van der Waals surface area contributed by atoms with Crippen molar-refractivity contribution in [3.63, 3.8) is 0 Å². The molecule has 14 heavy (non-hydrogen) atoms. The molecule has 70 valence electrons. The number of aromatic hydroxyl groups is 1. The molecule has 0 aliphatic rings. The van der Waals surface area contributed by atoms with E-state index in [0.717, 1.165) is 16.3 Å². The maximum Gasteiger partial charge on any atom is 0.282 e. The number of benzene rings is 1. The van der Waals surface area contributed by atoms with Crippen LogP contribution in [0.15, 0.2) is 28.7 Å². The molecular formula is C10H8N2O2. The lowest BCUT2D eigenvalue weighted by Gasteiger charge is -1.89. The number of nitrogens with two attached hydrogens (primary N) is 1. The first-order chi connectivity index (χ1) is 6.74. The highest BCUT2D eigenvalue weighted by molar-refractivity contribution is 6.03. The van der Waals surface area contributed by atoms with Crippen molar-refractivity contribution in [2.75, 3.05) is 5.73 Å². The predicted octanol–water partition coefficient (Wildman–Crippen LogP) is 2.20. The van der Waals surface area contributed by atoms with Gasteiger partial charge in [0.25, 0.3) is 5.95 Å². The summed E-state index contributed by atoms with van der Waals surface area (Å²) in [6, 6.07) is 7.22. The first-order valence-electron chi connectivity index (χ1n) is 4.24. The molecule has 0 aliphatic heterocycles. The van der Waals surface area contributed by atoms with Gasteiger partial charge in [0.1, 0.15) is 5.82 Å². The molecule has 0 spiro atoms. The van der Waals surface area contributed by atoms with Gasteiger partial charge in [-0.15, -0.1) is 0 Å². The molecule has 4 nitrogen and oxygen atoms in total. The molecule has 0 saturated heterocycles. The van der Waals surface area contributed by atoms with E-state index < -0.39 is 0 Å². The average Bonchev–Trinajstić information content (AvgIpc) is 2.65. The average molecular weight is 188 g/mol. The fourth-order valence-electron chi connectivity index (χ4n) is 1.70. The van der Waals surface area contributed by atoms with Crippen LogP contribution in [0.3, 0.4) is 0 Å². The van der Waals surface area contributed by atoms with Crippen molar-refractivity contribution in [3.05, 3.63) is 24.3 Å². The van der Waals surface area contributed by atoms with Crippen LogP contribution >= 0.6 is 0 Å². The Labute approximate surface area is 78.9 Å². The third-order valence-electron chi connectivity index (χ3n) is 2.29. The topological polar surface area (TPSA) is 75.2 Å². The largest absolute Gasteiger partial charge is 0.481 e. The van der Waals surface area contributed by atoms with Crippen molar-refractivity contribution >= 4 is 27.7 Å². The molecule has 3 aromatic rings. The van der Waals surface area contributed by atoms with Gasteiger partial charge in [0.05, 0.1) is 5.52 Å². The summed E-state index contributed by atoms with van der Waals surface area (Å²) in [6.45, 7) is 0. The van der Waals surface area contributed by atoms with Crippen LogP contribution in [0.2, 0.25) is 0 Å². The van der Waals surface area contributed by atoms with Crippen molar-refractivity contribution in [2.24, 2.45) is 0 Å². The Bertz CT molecular complexity index is 566. The first kappa shape index (κ1) is 7.32. The molecule has 0 saturated carbocycles. The van der Waals surface area contributed by atoms with Gasteiger partial charge in [-0.05, 0) is 6.07 Å². The second-order valence-corrected chi connectivity index (χ2v) is 3.26. The Morgan fingerprint density at radius 2 is 2.00 bits per heavy atom. The zero-order valence-corrected chi connectivity index (χ0v) is 7.24. The lowest BCUT2D eigenvalue weighted by molar-refractivity contribution is 0.347. The minimum atomic E-state index is -0.0827. The van der Waals surface area contributed by atoms with Crippen LogP contribution in [0.4, 0.5) is 5.82 Å². The fraction of sp³-hybridized carbons (Fsp3) is 0. The van der Waals surface area contributed by atoms with Crippen molar-refractivity contribution in [1.82, 2.24) is 4.98 Å². The highest BCUT2D eigenvalue weighted by Gasteiger charge is 2.08. The highest BCUT2D eigenvalue weighted by Crippen LogP contribution is 2.31. The monoisotopic (exact) mass is 188 g/mol. The van der Waals surface area contributed by atoms with Crippen LogP contribution in [-0.4, -0.2) is 10.1 Å². The number of furan rings is 1. The highest BCUT2D eigenvalue weighted by atomic mass is 16.5. The standard InChI is InChI=1S/C10H8N2O2/c11-7-3-5-1-2-6-4-8(13)14-10(6)9(5)12-7/h1-4,12-13H,11H2. The molecule has 3 rings (SSSR count). The third kappa shape index (κ3) is 0.821. The number of aromatic amines is 1. The number of nitrogen functional groups attached to an aromatic ring is 1. The van der Waals surface area contributed by atoms with E-state index in [1.54, 1.807) is 6.07 Å². The Hall–Kier alpha value is -2.10. The Morgan fingerprint density at radius 3 is 2.86 bits per heavy atom. The summed E-state index contributed by atoms with van der Waals surface area (Å²) in [5, 5.41) is 11.0. The Balaban J connectivity index is 2.58. The van der Waals surface area contributed by atoms with Gasteiger partial charge in [-0.3, -0.25) is 0 Å². The number of anilines is 1. The SMILES string of the molecule is Nc1cc2ccc3cc(O)oc3c2[nH]1. The molecule has 0 atom stereocenters. The van der Waals surface area contributed by atoms with E-state index in [4.69, 9.17) is 10.2 Å². The van der Waals surface area contributed by atoms with E-state index in [9.17, 15) is 5.11 Å². The van der Waals surface area contributed by atoms with Crippen molar-refractivity contribution in [1.29, 1.82) is 0 Å². The van der Waals surface area contributed by atoms with Crippen LogP contribution in [0.1, 0.15) is 0 Å². The number of nitrogens with one attached hydrogen (secondary N) is 1. The summed E-state index contributed by atoms with van der Waals surface area (Å²) in [5.41, 5.74) is 7.08. The van der Waals surface area contributed by atoms with E-state index in [2.05, 4.69) is 4.98 Å². The van der Waals surface area contributed by atoms with Gasteiger partial charge >= 0.3 is 0 Å². The number of hydrogen-bond acceptors (Lipinski definition) is 3. The number of H-pyrrole nitrogens is 1. The van der Waals surface area contributed by atoms with Gasteiger partial charge in [-0.1, -0.05) is 12.1 Å². The minimum Gasteiger partial charge on any atom is -0.481 e. The van der Waals surface area contributed by atoms with Crippen LogP contribution < -0.4 is 5.73 Å². The zero-order chi connectivity index (χ0) is 9.71. The molecule has 4 heteroatoms. The molecule has 1 aromatic carbocycles. The molecule has 0 radical (unpaired) electrons. The van der Waals surface area contributed by atoms with Gasteiger partial charge in [-0.2, -0.15) is 0 Å². The number of hydrogen-bond donors (Lipinski definition) is 3. The molecule has 0 aliphatic carbocycles. The van der Waals surface area contributed by atoms with Crippen LogP contribution in [0, 0.1) is 0 Å². The summed E-state index contributed by atoms with van der Waals surface area (Å²) in [6.07, 6.45) is 0. The normalized spacial score (nSPS) is 11.4. The van der Waals surface area contributed by atoms with Gasteiger partial charge in [0.2, 0.25) is 0 Å². The molecule has 2 aromatic heterocycles. The molecule has 4 N–H and O–H groups in total. The lowest BCUT2D eigenvalue weighted by atomic mass is 10.2. The van der Waals surface area contributed by atoms with Crippen molar-refractivity contribution in [2.45, 2.75) is 0 Å². The summed E-state index contributed by atoms with van der Waals surface area (Å²) < 4.78 is 5.16. The number of aromatic nitrogens is 1. The molecule has 0 fully saturated rings. The Kier molecular flexibility index (Phi) is 1.16. The van der Waals surface area contributed by atoms with E-state index in [0.29, 0.717) is 11.4 Å².